The first-order chi connectivity index (χ1) is 9.05. The van der Waals surface area contributed by atoms with Crippen LogP contribution < -0.4 is 0 Å². The van der Waals surface area contributed by atoms with Gasteiger partial charge >= 0.3 is 0 Å². The van der Waals surface area contributed by atoms with E-state index >= 15 is 0 Å². The summed E-state index contributed by atoms with van der Waals surface area (Å²) in [6.07, 6.45) is 2.48. The summed E-state index contributed by atoms with van der Waals surface area (Å²) in [4.78, 5) is 11.4. The number of carbonyl (C=O) groups excluding carboxylic acids is 1. The molecule has 0 N–H and O–H groups in total. The van der Waals surface area contributed by atoms with E-state index in [0.717, 1.165) is 24.7 Å². The molecule has 3 rings (SSSR count). The molecule has 100 valence electrons. The van der Waals surface area contributed by atoms with Crippen molar-refractivity contribution in [3.05, 3.63) is 42.5 Å². The zero-order valence-electron chi connectivity index (χ0n) is 10.5. The zero-order chi connectivity index (χ0) is 13.6. The standard InChI is InChI=1S/C15H16O3S/c1-10-11-7-12(9-16)14(8-11)15(10)19(17,18)13-5-3-2-4-6-13/h2-6,9,11-12,14-15H,1,7-8H2/t11-,12+,14-,15?/m0/s1. The molecule has 1 aromatic rings. The number of sulfone groups is 1. The van der Waals surface area contributed by atoms with E-state index in [1.807, 2.05) is 0 Å². The number of hydrogen-bond donors (Lipinski definition) is 0. The predicted octanol–water partition coefficient (Wildman–Crippen LogP) is 2.24. The number of aldehydes is 1. The van der Waals surface area contributed by atoms with Crippen molar-refractivity contribution in [2.24, 2.45) is 17.8 Å². The largest absolute Gasteiger partial charge is 0.303 e. The Bertz CT molecular complexity index is 618. The predicted molar refractivity (Wildman–Crippen MR) is 72.3 cm³/mol. The highest BCUT2D eigenvalue weighted by Gasteiger charge is 2.53. The number of benzene rings is 1. The maximum Gasteiger partial charge on any atom is 0.185 e. The maximum atomic E-state index is 12.7. The van der Waals surface area contributed by atoms with Gasteiger partial charge in [0.2, 0.25) is 0 Å². The summed E-state index contributed by atoms with van der Waals surface area (Å²) in [6, 6.07) is 8.47. The van der Waals surface area contributed by atoms with Gasteiger partial charge in [-0.25, -0.2) is 8.42 Å². The fourth-order valence-corrected chi connectivity index (χ4v) is 5.80. The van der Waals surface area contributed by atoms with E-state index in [-0.39, 0.29) is 17.8 Å². The molecule has 0 aliphatic heterocycles. The second kappa shape index (κ2) is 4.30. The van der Waals surface area contributed by atoms with E-state index in [2.05, 4.69) is 6.58 Å². The zero-order valence-corrected chi connectivity index (χ0v) is 11.3. The Morgan fingerprint density at radius 1 is 1.16 bits per heavy atom. The normalized spacial score (nSPS) is 33.6. The molecule has 0 heterocycles. The highest BCUT2D eigenvalue weighted by molar-refractivity contribution is 7.92. The third-order valence-electron chi connectivity index (χ3n) is 4.52. The van der Waals surface area contributed by atoms with E-state index in [9.17, 15) is 13.2 Å². The summed E-state index contributed by atoms with van der Waals surface area (Å²) in [5.41, 5.74) is 0.798. The van der Waals surface area contributed by atoms with Crippen molar-refractivity contribution < 1.29 is 13.2 Å². The average Bonchev–Trinajstić information content (AvgIpc) is 2.97. The van der Waals surface area contributed by atoms with Crippen molar-refractivity contribution in [2.75, 3.05) is 0 Å². The molecule has 0 radical (unpaired) electrons. The first-order valence-electron chi connectivity index (χ1n) is 6.48. The van der Waals surface area contributed by atoms with Crippen LogP contribution in [0.15, 0.2) is 47.4 Å². The summed E-state index contributed by atoms with van der Waals surface area (Å²) in [5, 5.41) is -0.580. The van der Waals surface area contributed by atoms with Gasteiger partial charge in [0.1, 0.15) is 6.29 Å². The van der Waals surface area contributed by atoms with E-state index < -0.39 is 15.1 Å². The molecule has 0 amide bonds. The van der Waals surface area contributed by atoms with Crippen LogP contribution in [0.1, 0.15) is 12.8 Å². The highest BCUT2D eigenvalue weighted by atomic mass is 32.2. The van der Waals surface area contributed by atoms with E-state index in [4.69, 9.17) is 0 Å². The minimum absolute atomic E-state index is 0.0831. The van der Waals surface area contributed by atoms with Gasteiger partial charge < -0.3 is 4.79 Å². The molecule has 2 fully saturated rings. The summed E-state index contributed by atoms with van der Waals surface area (Å²) < 4.78 is 25.4. The van der Waals surface area contributed by atoms with Crippen LogP contribution in [0.5, 0.6) is 0 Å². The molecule has 2 aliphatic carbocycles. The third-order valence-corrected chi connectivity index (χ3v) is 6.77. The lowest BCUT2D eigenvalue weighted by Crippen LogP contribution is -2.34. The Balaban J connectivity index is 2.03. The Morgan fingerprint density at radius 3 is 2.42 bits per heavy atom. The molecule has 1 unspecified atom stereocenters. The monoisotopic (exact) mass is 276 g/mol. The first-order valence-corrected chi connectivity index (χ1v) is 8.03. The molecule has 0 aromatic heterocycles. The number of hydrogen-bond acceptors (Lipinski definition) is 3. The fraction of sp³-hybridized carbons (Fsp3) is 0.400. The van der Waals surface area contributed by atoms with Crippen molar-refractivity contribution in [3.63, 3.8) is 0 Å². The Hall–Kier alpha value is -1.42. The van der Waals surface area contributed by atoms with Crippen molar-refractivity contribution in [1.82, 2.24) is 0 Å². The van der Waals surface area contributed by atoms with E-state index in [1.54, 1.807) is 30.3 Å². The molecule has 2 aliphatic rings. The molecule has 3 nitrogen and oxygen atoms in total. The Kier molecular flexibility index (Phi) is 2.86. The lowest BCUT2D eigenvalue weighted by molar-refractivity contribution is -0.112. The summed E-state index contributed by atoms with van der Waals surface area (Å²) in [5.74, 6) is -0.0112. The van der Waals surface area contributed by atoms with Gasteiger partial charge in [-0.15, -0.1) is 0 Å². The molecule has 4 heteroatoms. The smallest absolute Gasteiger partial charge is 0.185 e. The Morgan fingerprint density at radius 2 is 1.84 bits per heavy atom. The van der Waals surface area contributed by atoms with E-state index in [0.29, 0.717) is 4.90 Å². The van der Waals surface area contributed by atoms with Crippen LogP contribution in [-0.4, -0.2) is 20.0 Å². The van der Waals surface area contributed by atoms with Crippen molar-refractivity contribution in [2.45, 2.75) is 23.0 Å². The highest BCUT2D eigenvalue weighted by Crippen LogP contribution is 2.53. The molecule has 1 aromatic carbocycles. The van der Waals surface area contributed by atoms with Crippen molar-refractivity contribution in [3.8, 4) is 0 Å². The molecule has 2 bridgehead atoms. The van der Waals surface area contributed by atoms with Crippen LogP contribution in [0.4, 0.5) is 0 Å². The second-order valence-electron chi connectivity index (χ2n) is 5.49. The fourth-order valence-electron chi connectivity index (χ4n) is 3.60. The van der Waals surface area contributed by atoms with Gasteiger partial charge in [-0.1, -0.05) is 30.4 Å². The van der Waals surface area contributed by atoms with Gasteiger partial charge in [0.25, 0.3) is 0 Å². The summed E-state index contributed by atoms with van der Waals surface area (Å²) in [6.45, 7) is 3.98. The topological polar surface area (TPSA) is 51.2 Å². The van der Waals surface area contributed by atoms with Crippen molar-refractivity contribution >= 4 is 16.1 Å². The summed E-state index contributed by atoms with van der Waals surface area (Å²) in [7, 11) is -3.42. The molecule has 0 saturated heterocycles. The minimum atomic E-state index is -3.42. The van der Waals surface area contributed by atoms with Crippen LogP contribution in [0, 0.1) is 17.8 Å². The number of carbonyl (C=O) groups is 1. The van der Waals surface area contributed by atoms with Gasteiger partial charge in [-0.05, 0) is 36.8 Å². The third kappa shape index (κ3) is 1.77. The van der Waals surface area contributed by atoms with Gasteiger partial charge in [0, 0.05) is 5.92 Å². The second-order valence-corrected chi connectivity index (χ2v) is 7.55. The van der Waals surface area contributed by atoms with Crippen LogP contribution in [0.2, 0.25) is 0 Å². The lowest BCUT2D eigenvalue weighted by Gasteiger charge is -2.28. The number of rotatable bonds is 3. The van der Waals surface area contributed by atoms with Gasteiger partial charge in [-0.3, -0.25) is 0 Å². The molecule has 0 spiro atoms. The molecular formula is C15H16O3S. The van der Waals surface area contributed by atoms with Gasteiger partial charge in [0.05, 0.1) is 10.1 Å². The summed E-state index contributed by atoms with van der Waals surface area (Å²) >= 11 is 0. The van der Waals surface area contributed by atoms with Crippen LogP contribution >= 0.6 is 0 Å². The SMILES string of the molecule is C=C1C(S(=O)(=O)c2ccccc2)[C@H]2C[C@@H]1C[C@@H]2C=O. The van der Waals surface area contributed by atoms with Crippen LogP contribution in [-0.2, 0) is 14.6 Å². The van der Waals surface area contributed by atoms with Crippen LogP contribution in [0.3, 0.4) is 0 Å². The minimum Gasteiger partial charge on any atom is -0.303 e. The van der Waals surface area contributed by atoms with Crippen molar-refractivity contribution in [1.29, 1.82) is 0 Å². The van der Waals surface area contributed by atoms with E-state index in [1.165, 1.54) is 0 Å². The maximum absolute atomic E-state index is 12.7. The lowest BCUT2D eigenvalue weighted by atomic mass is 9.87. The Labute approximate surface area is 113 Å². The van der Waals surface area contributed by atoms with Gasteiger partial charge in [0.15, 0.2) is 9.84 Å². The molecule has 19 heavy (non-hydrogen) atoms. The molecule has 2 saturated carbocycles. The molecule has 4 atom stereocenters. The first kappa shape index (κ1) is 12.6. The molecular weight excluding hydrogens is 260 g/mol. The van der Waals surface area contributed by atoms with Gasteiger partial charge in [-0.2, -0.15) is 0 Å². The average molecular weight is 276 g/mol. The quantitative estimate of drug-likeness (QED) is 0.628. The number of fused-ring (bicyclic) bond motifs is 2. The van der Waals surface area contributed by atoms with Crippen LogP contribution in [0.25, 0.3) is 0 Å².